The average Bonchev–Trinajstić information content (AvgIpc) is 3.50. The Morgan fingerprint density at radius 1 is 1.06 bits per heavy atom. The van der Waals surface area contributed by atoms with Crippen LogP contribution in [0.1, 0.15) is 17.4 Å². The van der Waals surface area contributed by atoms with E-state index in [0.29, 0.717) is 16.4 Å². The lowest BCUT2D eigenvalue weighted by molar-refractivity contribution is -0.139. The van der Waals surface area contributed by atoms with Gasteiger partial charge in [0.15, 0.2) is 16.9 Å². The van der Waals surface area contributed by atoms with Gasteiger partial charge in [-0.25, -0.2) is 14.2 Å². The molecule has 35 heavy (non-hydrogen) atoms. The Balaban J connectivity index is 1.28. The Hall–Kier alpha value is -4.15. The molecule has 0 unspecified atom stereocenters. The van der Waals surface area contributed by atoms with E-state index < -0.39 is 12.0 Å². The number of nitrogens with one attached hydrogen (secondary N) is 2. The molecule has 7 nitrogen and oxygen atoms in total. The van der Waals surface area contributed by atoms with Crippen molar-refractivity contribution in [2.75, 3.05) is 5.32 Å². The number of rotatable bonds is 7. The highest BCUT2D eigenvalue weighted by atomic mass is 32.1. The number of thiocarbonyl (C=S) groups is 1. The number of aliphatic carboxylic acids is 1. The summed E-state index contributed by atoms with van der Waals surface area (Å²) in [6.07, 6.45) is 0. The largest absolute Gasteiger partial charge is 0.479 e. The van der Waals surface area contributed by atoms with Crippen LogP contribution < -0.4 is 10.6 Å². The Labute approximate surface area is 208 Å². The van der Waals surface area contributed by atoms with E-state index in [1.807, 2.05) is 30.3 Å². The molecule has 0 saturated carbocycles. The van der Waals surface area contributed by atoms with Gasteiger partial charge >= 0.3 is 5.97 Å². The summed E-state index contributed by atoms with van der Waals surface area (Å²) in [6.45, 7) is 0. The first-order valence-corrected chi connectivity index (χ1v) is 11.7. The van der Waals surface area contributed by atoms with Crippen molar-refractivity contribution >= 4 is 55.5 Å². The molecule has 0 radical (unpaired) electrons. The first-order chi connectivity index (χ1) is 17.0. The molecule has 2 aromatic heterocycles. The Kier molecular flexibility index (Phi) is 6.21. The quantitative estimate of drug-likeness (QED) is 0.235. The second-order valence-electron chi connectivity index (χ2n) is 7.57. The summed E-state index contributed by atoms with van der Waals surface area (Å²) in [4.78, 5) is 16.3. The fourth-order valence-electron chi connectivity index (χ4n) is 3.45. The summed E-state index contributed by atoms with van der Waals surface area (Å²) < 4.78 is 19.5. The Morgan fingerprint density at radius 3 is 2.57 bits per heavy atom. The predicted octanol–water partition coefficient (Wildman–Crippen LogP) is 5.93. The highest BCUT2D eigenvalue weighted by Gasteiger charge is 2.22. The lowest BCUT2D eigenvalue weighted by Gasteiger charge is -2.15. The smallest absolute Gasteiger partial charge is 0.330 e. The minimum absolute atomic E-state index is 0.144. The number of halogens is 1. The monoisotopic (exact) mass is 504 g/mol. The van der Waals surface area contributed by atoms with Gasteiger partial charge in [0, 0.05) is 17.3 Å². The lowest BCUT2D eigenvalue weighted by atomic mass is 10.1. The van der Waals surface area contributed by atoms with E-state index in [0.717, 1.165) is 21.5 Å². The minimum Gasteiger partial charge on any atom is -0.479 e. The first kappa shape index (κ1) is 22.6. The summed E-state index contributed by atoms with van der Waals surface area (Å²) in [6, 6.07) is 21.3. The molecule has 0 aliphatic rings. The zero-order valence-electron chi connectivity index (χ0n) is 17.9. The maximum absolute atomic E-state index is 13.4. The minimum atomic E-state index is -1.06. The van der Waals surface area contributed by atoms with E-state index in [9.17, 15) is 14.3 Å². The number of fused-ring (bicyclic) bond motifs is 1. The fourth-order valence-corrected chi connectivity index (χ4v) is 4.58. The number of hydrogen-bond acceptors (Lipinski definition) is 7. The molecule has 0 saturated heterocycles. The molecule has 2 heterocycles. The van der Waals surface area contributed by atoms with Crippen LogP contribution in [0.2, 0.25) is 0 Å². The number of benzene rings is 3. The van der Waals surface area contributed by atoms with Gasteiger partial charge in [0.05, 0.1) is 10.2 Å². The van der Waals surface area contributed by atoms with Gasteiger partial charge < -0.3 is 20.3 Å². The summed E-state index contributed by atoms with van der Waals surface area (Å²) in [7, 11) is 0. The average molecular weight is 505 g/mol. The van der Waals surface area contributed by atoms with Crippen LogP contribution in [0.25, 0.3) is 21.5 Å². The Bertz CT molecular complexity index is 1520. The molecule has 10 heteroatoms. The molecule has 5 aromatic rings. The molecule has 3 N–H and O–H groups in total. The van der Waals surface area contributed by atoms with Crippen molar-refractivity contribution in [2.45, 2.75) is 6.04 Å². The maximum Gasteiger partial charge on any atom is 0.330 e. The van der Waals surface area contributed by atoms with Gasteiger partial charge in [0.1, 0.15) is 16.5 Å². The summed E-state index contributed by atoms with van der Waals surface area (Å²) >= 11 is 6.73. The molecular formula is C25H17FN4O3S2. The second-order valence-corrected chi connectivity index (χ2v) is 9.00. The van der Waals surface area contributed by atoms with Crippen LogP contribution in [0.15, 0.2) is 83.4 Å². The zero-order chi connectivity index (χ0) is 24.4. The predicted molar refractivity (Wildman–Crippen MR) is 136 cm³/mol. The fraction of sp³-hybridized carbons (Fsp3) is 0.0400. The standard InChI is InChI=1S/C25H17FN4O3S2/c26-16-8-11-18-21(12-16)35-25(28-18)27-17-9-6-14(7-10-17)19-13-20(33-30-19)23(34)29-22(24(31)32)15-4-2-1-3-5-15/h1-13,22H,(H,27,28)(H,29,34)(H,31,32)/t22-/m0/s1. The molecule has 0 aliphatic heterocycles. The molecule has 0 spiro atoms. The molecule has 0 amide bonds. The molecule has 0 fully saturated rings. The number of hydrogen-bond donors (Lipinski definition) is 3. The topological polar surface area (TPSA) is 100 Å². The SMILES string of the molecule is O=C(O)[C@@H](NC(=S)c1cc(-c2ccc(Nc3nc4ccc(F)cc4s3)cc2)no1)c1ccccc1. The third-order valence-corrected chi connectivity index (χ3v) is 6.42. The number of aromatic nitrogens is 2. The molecular weight excluding hydrogens is 487 g/mol. The third kappa shape index (κ3) is 5.03. The van der Waals surface area contributed by atoms with Crippen molar-refractivity contribution in [3.8, 4) is 11.3 Å². The van der Waals surface area contributed by atoms with Crippen LogP contribution >= 0.6 is 23.6 Å². The normalized spacial score (nSPS) is 11.8. The van der Waals surface area contributed by atoms with Crippen molar-refractivity contribution < 1.29 is 18.8 Å². The molecule has 0 bridgehead atoms. The van der Waals surface area contributed by atoms with Crippen LogP contribution in [-0.2, 0) is 4.79 Å². The number of carbonyl (C=O) groups is 1. The van der Waals surface area contributed by atoms with Crippen LogP contribution in [-0.4, -0.2) is 26.2 Å². The van der Waals surface area contributed by atoms with Gasteiger partial charge in [-0.2, -0.15) is 0 Å². The van der Waals surface area contributed by atoms with Crippen LogP contribution in [0.4, 0.5) is 15.2 Å². The van der Waals surface area contributed by atoms with Gasteiger partial charge in [0.25, 0.3) is 0 Å². The van der Waals surface area contributed by atoms with E-state index in [-0.39, 0.29) is 16.6 Å². The zero-order valence-corrected chi connectivity index (χ0v) is 19.6. The van der Waals surface area contributed by atoms with Gasteiger partial charge in [-0.15, -0.1) is 0 Å². The van der Waals surface area contributed by atoms with Crippen LogP contribution in [0.3, 0.4) is 0 Å². The number of carboxylic acid groups (broad SMARTS) is 1. The van der Waals surface area contributed by atoms with E-state index in [1.165, 1.54) is 23.5 Å². The summed E-state index contributed by atoms with van der Waals surface area (Å²) in [5.41, 5.74) is 3.45. The van der Waals surface area contributed by atoms with Crippen molar-refractivity contribution in [3.05, 3.63) is 96.0 Å². The number of anilines is 2. The molecule has 3 aromatic carbocycles. The van der Waals surface area contributed by atoms with Gasteiger partial charge in [-0.1, -0.05) is 71.2 Å². The van der Waals surface area contributed by atoms with E-state index in [2.05, 4.69) is 20.8 Å². The van der Waals surface area contributed by atoms with Gasteiger partial charge in [0.2, 0.25) is 0 Å². The highest BCUT2D eigenvalue weighted by Crippen LogP contribution is 2.30. The molecule has 1 atom stereocenters. The lowest BCUT2D eigenvalue weighted by Crippen LogP contribution is -2.32. The number of carboxylic acids is 1. The van der Waals surface area contributed by atoms with Gasteiger partial charge in [-0.3, -0.25) is 0 Å². The van der Waals surface area contributed by atoms with E-state index in [1.54, 1.807) is 36.4 Å². The summed E-state index contributed by atoms with van der Waals surface area (Å²) in [5.74, 6) is -1.09. The van der Waals surface area contributed by atoms with E-state index >= 15 is 0 Å². The third-order valence-electron chi connectivity index (χ3n) is 5.17. The molecule has 174 valence electrons. The second kappa shape index (κ2) is 9.61. The van der Waals surface area contributed by atoms with Gasteiger partial charge in [-0.05, 0) is 35.9 Å². The van der Waals surface area contributed by atoms with Crippen molar-refractivity contribution in [2.24, 2.45) is 0 Å². The molecule has 0 aliphatic carbocycles. The number of nitrogens with zero attached hydrogens (tertiary/aromatic N) is 2. The van der Waals surface area contributed by atoms with Crippen molar-refractivity contribution in [1.29, 1.82) is 0 Å². The van der Waals surface area contributed by atoms with Crippen LogP contribution in [0.5, 0.6) is 0 Å². The number of thiazole rings is 1. The van der Waals surface area contributed by atoms with Crippen LogP contribution in [0, 0.1) is 5.82 Å². The van der Waals surface area contributed by atoms with E-state index in [4.69, 9.17) is 16.7 Å². The highest BCUT2D eigenvalue weighted by molar-refractivity contribution is 7.80. The van der Waals surface area contributed by atoms with Crippen molar-refractivity contribution in [3.63, 3.8) is 0 Å². The maximum atomic E-state index is 13.4. The Morgan fingerprint density at radius 2 is 1.83 bits per heavy atom. The summed E-state index contributed by atoms with van der Waals surface area (Å²) in [5, 5.41) is 20.4. The van der Waals surface area contributed by atoms with Crippen molar-refractivity contribution in [1.82, 2.24) is 15.5 Å². The first-order valence-electron chi connectivity index (χ1n) is 10.5. The molecule has 5 rings (SSSR count).